The molecule has 1 aromatic rings. The zero-order valence-electron chi connectivity index (χ0n) is 10.5. The predicted octanol–water partition coefficient (Wildman–Crippen LogP) is 4.06. The van der Waals surface area contributed by atoms with Gasteiger partial charge in [0.25, 0.3) is 0 Å². The summed E-state index contributed by atoms with van der Waals surface area (Å²) in [6.45, 7) is 6.41. The van der Waals surface area contributed by atoms with E-state index in [0.29, 0.717) is 0 Å². The van der Waals surface area contributed by atoms with Crippen molar-refractivity contribution in [2.24, 2.45) is 0 Å². The van der Waals surface area contributed by atoms with Gasteiger partial charge >= 0.3 is 0 Å². The number of fused-ring (bicyclic) bond motifs is 2. The highest BCUT2D eigenvalue weighted by molar-refractivity contribution is 5.94. The summed E-state index contributed by atoms with van der Waals surface area (Å²) in [7, 11) is 2.14. The Hall–Kier alpha value is -1.76. The summed E-state index contributed by atoms with van der Waals surface area (Å²) in [5.41, 5.74) is 7.65. The molecule has 0 amide bonds. The first kappa shape index (κ1) is 10.4. The van der Waals surface area contributed by atoms with Crippen LogP contribution in [0.1, 0.15) is 24.0 Å². The first-order valence-corrected chi connectivity index (χ1v) is 6.13. The summed E-state index contributed by atoms with van der Waals surface area (Å²) in [6.07, 6.45) is 6.91. The predicted molar refractivity (Wildman–Crippen MR) is 74.0 cm³/mol. The van der Waals surface area contributed by atoms with E-state index in [1.54, 1.807) is 0 Å². The molecule has 0 bridgehead atoms. The first-order chi connectivity index (χ1) is 8.18. The van der Waals surface area contributed by atoms with E-state index >= 15 is 0 Å². The molecule has 0 unspecified atom stereocenters. The zero-order valence-corrected chi connectivity index (χ0v) is 10.5. The van der Waals surface area contributed by atoms with Gasteiger partial charge in [-0.15, -0.1) is 0 Å². The Morgan fingerprint density at radius 1 is 1.18 bits per heavy atom. The molecule has 1 heteroatoms. The van der Waals surface area contributed by atoms with Gasteiger partial charge in [-0.2, -0.15) is 0 Å². The number of anilines is 1. The number of likely N-dealkylation sites (N-methyl/N-ethyl adjacent to an activating group) is 1. The van der Waals surface area contributed by atoms with Crippen molar-refractivity contribution in [3.05, 3.63) is 59.3 Å². The molecule has 0 fully saturated rings. The first-order valence-electron chi connectivity index (χ1n) is 6.13. The molecule has 0 radical (unpaired) electrons. The molecule has 2 aliphatic rings. The lowest BCUT2D eigenvalue weighted by atomic mass is 9.86. The smallest absolute Gasteiger partial charge is 0.0488 e. The Kier molecular flexibility index (Phi) is 2.22. The zero-order chi connectivity index (χ0) is 12.0. The summed E-state index contributed by atoms with van der Waals surface area (Å²) >= 11 is 0. The fourth-order valence-electron chi connectivity index (χ4n) is 2.72. The quantitative estimate of drug-likeness (QED) is 0.641. The maximum atomic E-state index is 4.28. The van der Waals surface area contributed by atoms with Crippen LogP contribution in [0.15, 0.2) is 48.2 Å². The van der Waals surface area contributed by atoms with Gasteiger partial charge < -0.3 is 4.90 Å². The van der Waals surface area contributed by atoms with Gasteiger partial charge in [-0.25, -0.2) is 0 Å². The van der Waals surface area contributed by atoms with E-state index in [9.17, 15) is 0 Å². The van der Waals surface area contributed by atoms with Crippen LogP contribution in [0.5, 0.6) is 0 Å². The molecule has 1 aromatic carbocycles. The number of allylic oxidation sites excluding steroid dienone is 3. The number of hydrogen-bond donors (Lipinski definition) is 0. The van der Waals surface area contributed by atoms with Gasteiger partial charge in [-0.05, 0) is 37.5 Å². The highest BCUT2D eigenvalue weighted by Crippen LogP contribution is 2.43. The number of hydrogen-bond acceptors (Lipinski definition) is 1. The van der Waals surface area contributed by atoms with Gasteiger partial charge in [0.1, 0.15) is 0 Å². The minimum Gasteiger partial charge on any atom is -0.344 e. The third kappa shape index (κ3) is 1.46. The van der Waals surface area contributed by atoms with Gasteiger partial charge in [0.15, 0.2) is 0 Å². The number of benzene rings is 1. The van der Waals surface area contributed by atoms with Crippen molar-refractivity contribution in [1.82, 2.24) is 0 Å². The normalized spacial score (nSPS) is 18.2. The lowest BCUT2D eigenvalue weighted by molar-refractivity contribution is 0.958. The van der Waals surface area contributed by atoms with E-state index in [4.69, 9.17) is 0 Å². The van der Waals surface area contributed by atoms with Crippen molar-refractivity contribution in [1.29, 1.82) is 0 Å². The van der Waals surface area contributed by atoms with Crippen molar-refractivity contribution in [3.63, 3.8) is 0 Å². The Labute approximate surface area is 103 Å². The Balaban J connectivity index is 2.24. The lowest BCUT2D eigenvalue weighted by Crippen LogP contribution is -2.25. The monoisotopic (exact) mass is 223 g/mol. The summed E-state index contributed by atoms with van der Waals surface area (Å²) in [4.78, 5) is 2.29. The van der Waals surface area contributed by atoms with Crippen LogP contribution in [0.3, 0.4) is 0 Å². The molecule has 0 aromatic heterocycles. The molecule has 86 valence electrons. The second-order valence-electron chi connectivity index (χ2n) is 4.84. The SMILES string of the molecule is C=C1C2=CCCC=C2N(C)c2ccc(C)cc21. The topological polar surface area (TPSA) is 3.24 Å². The number of nitrogens with zero attached hydrogens (tertiary/aromatic N) is 1. The van der Waals surface area contributed by atoms with E-state index in [1.807, 2.05) is 0 Å². The maximum Gasteiger partial charge on any atom is 0.0488 e. The second kappa shape index (κ2) is 3.63. The summed E-state index contributed by atoms with van der Waals surface area (Å²) < 4.78 is 0. The largest absolute Gasteiger partial charge is 0.344 e. The molecule has 0 atom stereocenters. The van der Waals surface area contributed by atoms with Crippen molar-refractivity contribution in [3.8, 4) is 0 Å². The fourth-order valence-corrected chi connectivity index (χ4v) is 2.72. The van der Waals surface area contributed by atoms with Crippen molar-refractivity contribution in [2.75, 3.05) is 11.9 Å². The minimum absolute atomic E-state index is 1.13. The highest BCUT2D eigenvalue weighted by atomic mass is 15.1. The highest BCUT2D eigenvalue weighted by Gasteiger charge is 2.26. The van der Waals surface area contributed by atoms with Gasteiger partial charge in [-0.3, -0.25) is 0 Å². The third-order valence-corrected chi connectivity index (χ3v) is 3.65. The van der Waals surface area contributed by atoms with Crippen molar-refractivity contribution in [2.45, 2.75) is 19.8 Å². The molecule has 0 N–H and O–H groups in total. The maximum absolute atomic E-state index is 4.28. The van der Waals surface area contributed by atoms with Crippen LogP contribution in [-0.4, -0.2) is 7.05 Å². The standard InChI is InChI=1S/C16H17N/c1-11-8-9-16-14(10-11)12(2)13-6-4-5-7-15(13)17(16)3/h6-10H,2,4-5H2,1,3H3. The molecule has 1 aliphatic carbocycles. The number of aryl methyl sites for hydroxylation is 1. The second-order valence-corrected chi connectivity index (χ2v) is 4.84. The van der Waals surface area contributed by atoms with Crippen LogP contribution >= 0.6 is 0 Å². The van der Waals surface area contributed by atoms with Crippen LogP contribution in [0.4, 0.5) is 5.69 Å². The average Bonchev–Trinajstić information content (AvgIpc) is 2.36. The molecule has 0 saturated heterocycles. The Morgan fingerprint density at radius 2 is 1.94 bits per heavy atom. The molecule has 1 nitrogen and oxygen atoms in total. The average molecular weight is 223 g/mol. The van der Waals surface area contributed by atoms with E-state index in [0.717, 1.165) is 12.8 Å². The fraction of sp³-hybridized carbons (Fsp3) is 0.250. The van der Waals surface area contributed by atoms with E-state index in [-0.39, 0.29) is 0 Å². The van der Waals surface area contributed by atoms with Gasteiger partial charge in [-0.1, -0.05) is 30.4 Å². The van der Waals surface area contributed by atoms with Crippen LogP contribution in [0, 0.1) is 6.92 Å². The van der Waals surface area contributed by atoms with Gasteiger partial charge in [0.05, 0.1) is 0 Å². The molecule has 0 saturated carbocycles. The summed E-state index contributed by atoms with van der Waals surface area (Å²) in [6, 6.07) is 6.60. The molecule has 17 heavy (non-hydrogen) atoms. The summed E-state index contributed by atoms with van der Waals surface area (Å²) in [5, 5.41) is 0. The Morgan fingerprint density at radius 3 is 2.76 bits per heavy atom. The van der Waals surface area contributed by atoms with E-state index in [1.165, 1.54) is 33.7 Å². The third-order valence-electron chi connectivity index (χ3n) is 3.65. The van der Waals surface area contributed by atoms with Gasteiger partial charge in [0.2, 0.25) is 0 Å². The molecule has 3 rings (SSSR count). The number of rotatable bonds is 0. The van der Waals surface area contributed by atoms with Gasteiger partial charge in [0, 0.05) is 29.6 Å². The van der Waals surface area contributed by atoms with Crippen LogP contribution in [0.2, 0.25) is 0 Å². The van der Waals surface area contributed by atoms with Crippen molar-refractivity contribution < 1.29 is 0 Å². The molecule has 1 aliphatic heterocycles. The molecule has 1 heterocycles. The lowest BCUT2D eigenvalue weighted by Gasteiger charge is -2.35. The molecular formula is C16H17N. The van der Waals surface area contributed by atoms with Crippen LogP contribution in [0.25, 0.3) is 5.57 Å². The van der Waals surface area contributed by atoms with Crippen LogP contribution in [-0.2, 0) is 0 Å². The Bertz CT molecular complexity index is 561. The molecular weight excluding hydrogens is 206 g/mol. The van der Waals surface area contributed by atoms with Crippen LogP contribution < -0.4 is 4.90 Å². The minimum atomic E-state index is 1.13. The van der Waals surface area contributed by atoms with E-state index in [2.05, 4.69) is 55.8 Å². The van der Waals surface area contributed by atoms with E-state index < -0.39 is 0 Å². The van der Waals surface area contributed by atoms with Crippen molar-refractivity contribution >= 4 is 11.3 Å². The molecule has 0 spiro atoms. The summed E-state index contributed by atoms with van der Waals surface area (Å²) in [5.74, 6) is 0.